The summed E-state index contributed by atoms with van der Waals surface area (Å²) in [5.41, 5.74) is 4.79. The Labute approximate surface area is 238 Å². The lowest BCUT2D eigenvalue weighted by atomic mass is 10.0. The average Bonchev–Trinajstić information content (AvgIpc) is 2.91. The molecule has 0 heterocycles. The first kappa shape index (κ1) is 30.8. The van der Waals surface area contributed by atoms with E-state index in [2.05, 4.69) is 5.32 Å². The number of carbonyl (C=O) groups excluding carboxylic acids is 2. The Balaban J connectivity index is 2.11. The molecule has 0 spiro atoms. The van der Waals surface area contributed by atoms with E-state index in [-0.39, 0.29) is 18.9 Å². The van der Waals surface area contributed by atoms with E-state index >= 15 is 0 Å². The van der Waals surface area contributed by atoms with Crippen molar-refractivity contribution in [3.8, 4) is 0 Å². The molecule has 8 nitrogen and oxygen atoms in total. The van der Waals surface area contributed by atoms with Gasteiger partial charge < -0.3 is 10.2 Å². The first-order chi connectivity index (χ1) is 18.9. The van der Waals surface area contributed by atoms with Gasteiger partial charge in [0.15, 0.2) is 0 Å². The molecule has 0 aliphatic heterocycles. The second kappa shape index (κ2) is 13.6. The molecular weight excluding hydrogens is 524 g/mol. The summed E-state index contributed by atoms with van der Waals surface area (Å²) in [6, 6.07) is 21.9. The highest BCUT2D eigenvalue weighted by molar-refractivity contribution is 7.90. The van der Waals surface area contributed by atoms with Crippen LogP contribution in [0.15, 0.2) is 72.8 Å². The van der Waals surface area contributed by atoms with Crippen LogP contribution in [0.2, 0.25) is 0 Å². The third-order valence-electron chi connectivity index (χ3n) is 6.71. The van der Waals surface area contributed by atoms with E-state index in [0.29, 0.717) is 12.2 Å². The number of nitrogens with one attached hydrogen (secondary N) is 1. The van der Waals surface area contributed by atoms with Crippen molar-refractivity contribution >= 4 is 27.7 Å². The van der Waals surface area contributed by atoms with Gasteiger partial charge in [0.2, 0.25) is 11.8 Å². The molecule has 0 saturated carbocycles. The van der Waals surface area contributed by atoms with Crippen molar-refractivity contribution in [3.63, 3.8) is 0 Å². The normalized spacial score (nSPS) is 12.2. The van der Waals surface area contributed by atoms with Gasteiger partial charge in [0.1, 0.15) is 12.6 Å². The number of likely N-dealkylation sites (N-methyl/N-ethyl adjacent to an activating group) is 1. The molecule has 1 atom stereocenters. The molecule has 0 radical (unpaired) electrons. The van der Waals surface area contributed by atoms with Crippen molar-refractivity contribution in [1.82, 2.24) is 14.5 Å². The van der Waals surface area contributed by atoms with E-state index < -0.39 is 28.7 Å². The summed E-state index contributed by atoms with van der Waals surface area (Å²) in [7, 11) is -1.16. The van der Waals surface area contributed by atoms with Crippen LogP contribution in [-0.4, -0.2) is 62.7 Å². The highest BCUT2D eigenvalue weighted by Crippen LogP contribution is 2.26. The molecule has 2 amide bonds. The molecule has 214 valence electrons. The zero-order valence-electron chi connectivity index (χ0n) is 24.2. The topological polar surface area (TPSA) is 90.0 Å². The van der Waals surface area contributed by atoms with Crippen molar-refractivity contribution in [3.05, 3.63) is 101 Å². The molecule has 0 unspecified atom stereocenters. The molecule has 0 aliphatic carbocycles. The maximum Gasteiger partial charge on any atom is 0.304 e. The van der Waals surface area contributed by atoms with E-state index in [9.17, 15) is 18.0 Å². The molecule has 1 N–H and O–H groups in total. The van der Waals surface area contributed by atoms with E-state index in [1.807, 2.05) is 94.4 Å². The number of anilines is 1. The molecular formula is C31H40N4O4S. The van der Waals surface area contributed by atoms with Crippen molar-refractivity contribution in [2.24, 2.45) is 0 Å². The van der Waals surface area contributed by atoms with E-state index in [4.69, 9.17) is 0 Å². The number of carbonyl (C=O) groups is 2. The highest BCUT2D eigenvalue weighted by Gasteiger charge is 2.35. The van der Waals surface area contributed by atoms with Crippen molar-refractivity contribution in [2.75, 3.05) is 31.5 Å². The summed E-state index contributed by atoms with van der Waals surface area (Å²) in [6.45, 7) is 7.58. The lowest BCUT2D eigenvalue weighted by Gasteiger charge is -2.35. The number of aryl methyl sites for hydroxylation is 3. The maximum atomic E-state index is 14.2. The van der Waals surface area contributed by atoms with Crippen molar-refractivity contribution < 1.29 is 18.0 Å². The monoisotopic (exact) mass is 564 g/mol. The van der Waals surface area contributed by atoms with Gasteiger partial charge in [0, 0.05) is 33.6 Å². The van der Waals surface area contributed by atoms with Gasteiger partial charge in [-0.2, -0.15) is 12.7 Å². The fraction of sp³-hybridized carbons (Fsp3) is 0.355. The largest absolute Gasteiger partial charge is 0.355 e. The highest BCUT2D eigenvalue weighted by atomic mass is 32.2. The zero-order chi connectivity index (χ0) is 29.4. The summed E-state index contributed by atoms with van der Waals surface area (Å²) in [4.78, 5) is 29.2. The van der Waals surface area contributed by atoms with Crippen LogP contribution in [0, 0.1) is 20.8 Å². The lowest BCUT2D eigenvalue weighted by molar-refractivity contribution is -0.140. The van der Waals surface area contributed by atoms with Crippen LogP contribution in [0.3, 0.4) is 0 Å². The third-order valence-corrected chi connectivity index (χ3v) is 8.52. The smallest absolute Gasteiger partial charge is 0.304 e. The standard InChI is InChI=1S/C31H40N4O4S/c1-7-32-31(37)29(20-26-13-9-8-10-14-26)34(21-27-15-11-12-23(2)18-27)30(36)22-35(40(38,39)33(5)6)28-19-24(3)16-17-25(28)4/h8-19,29H,7,20-22H2,1-6H3,(H,32,37)/t29-/m0/s1. The van der Waals surface area contributed by atoms with E-state index in [1.165, 1.54) is 19.0 Å². The van der Waals surface area contributed by atoms with Gasteiger partial charge in [-0.25, -0.2) is 4.31 Å². The van der Waals surface area contributed by atoms with Gasteiger partial charge in [-0.1, -0.05) is 72.3 Å². The number of hydrogen-bond acceptors (Lipinski definition) is 4. The lowest BCUT2D eigenvalue weighted by Crippen LogP contribution is -2.54. The zero-order valence-corrected chi connectivity index (χ0v) is 25.0. The van der Waals surface area contributed by atoms with Crippen LogP contribution in [0.25, 0.3) is 0 Å². The number of rotatable bonds is 12. The average molecular weight is 565 g/mol. The first-order valence-corrected chi connectivity index (χ1v) is 14.8. The number of amides is 2. The minimum atomic E-state index is -4.04. The Morgan fingerprint density at radius 1 is 0.850 bits per heavy atom. The maximum absolute atomic E-state index is 14.2. The molecule has 3 rings (SSSR count). The quantitative estimate of drug-likeness (QED) is 0.360. The predicted molar refractivity (Wildman–Crippen MR) is 160 cm³/mol. The molecule has 0 bridgehead atoms. The molecule has 0 aliphatic rings. The Kier molecular flexibility index (Phi) is 10.5. The predicted octanol–water partition coefficient (Wildman–Crippen LogP) is 4.00. The van der Waals surface area contributed by atoms with Crippen molar-refractivity contribution in [2.45, 2.75) is 46.7 Å². The molecule has 0 fully saturated rings. The van der Waals surface area contributed by atoms with Crippen LogP contribution in [0.4, 0.5) is 5.69 Å². The molecule has 0 saturated heterocycles. The summed E-state index contributed by atoms with van der Waals surface area (Å²) in [6.07, 6.45) is 0.286. The van der Waals surface area contributed by atoms with Gasteiger partial charge >= 0.3 is 10.2 Å². The third kappa shape index (κ3) is 7.70. The Hall–Kier alpha value is -3.69. The van der Waals surface area contributed by atoms with E-state index in [1.54, 1.807) is 6.07 Å². The van der Waals surface area contributed by atoms with Crippen LogP contribution < -0.4 is 9.62 Å². The summed E-state index contributed by atoms with van der Waals surface area (Å²) >= 11 is 0. The van der Waals surface area contributed by atoms with Crippen LogP contribution in [0.5, 0.6) is 0 Å². The van der Waals surface area contributed by atoms with Gasteiger partial charge in [-0.3, -0.25) is 9.59 Å². The molecule has 3 aromatic rings. The first-order valence-electron chi connectivity index (χ1n) is 13.4. The summed E-state index contributed by atoms with van der Waals surface area (Å²) in [5, 5.41) is 2.88. The molecule has 40 heavy (non-hydrogen) atoms. The molecule has 3 aromatic carbocycles. The fourth-order valence-electron chi connectivity index (χ4n) is 4.54. The second-order valence-corrected chi connectivity index (χ2v) is 12.3. The van der Waals surface area contributed by atoms with Gasteiger partial charge in [-0.05, 0) is 56.0 Å². The Morgan fingerprint density at radius 2 is 1.50 bits per heavy atom. The Bertz CT molecular complexity index is 1420. The fourth-order valence-corrected chi connectivity index (χ4v) is 5.66. The van der Waals surface area contributed by atoms with Crippen LogP contribution >= 0.6 is 0 Å². The van der Waals surface area contributed by atoms with Crippen molar-refractivity contribution in [1.29, 1.82) is 0 Å². The summed E-state index contributed by atoms with van der Waals surface area (Å²) in [5.74, 6) is -0.763. The number of benzene rings is 3. The van der Waals surface area contributed by atoms with Gasteiger partial charge in [0.25, 0.3) is 0 Å². The van der Waals surface area contributed by atoms with Gasteiger partial charge in [0.05, 0.1) is 5.69 Å². The minimum absolute atomic E-state index is 0.151. The Morgan fingerprint density at radius 3 is 2.12 bits per heavy atom. The van der Waals surface area contributed by atoms with Gasteiger partial charge in [-0.15, -0.1) is 0 Å². The van der Waals surface area contributed by atoms with Crippen LogP contribution in [-0.2, 0) is 32.8 Å². The van der Waals surface area contributed by atoms with E-state index in [0.717, 1.165) is 36.4 Å². The number of hydrogen-bond donors (Lipinski definition) is 1. The number of nitrogens with zero attached hydrogens (tertiary/aromatic N) is 3. The molecule has 9 heteroatoms. The molecule has 0 aromatic heterocycles. The van der Waals surface area contributed by atoms with Crippen LogP contribution in [0.1, 0.15) is 34.7 Å². The SMILES string of the molecule is CCNC(=O)[C@H](Cc1ccccc1)N(Cc1cccc(C)c1)C(=O)CN(c1cc(C)ccc1C)S(=O)(=O)N(C)C. The second-order valence-electron chi connectivity index (χ2n) is 10.2. The summed E-state index contributed by atoms with van der Waals surface area (Å²) < 4.78 is 29.3. The minimum Gasteiger partial charge on any atom is -0.355 e.